The van der Waals surface area contributed by atoms with Crippen LogP contribution in [0.15, 0.2) is 96.7 Å². The second-order valence-corrected chi connectivity index (χ2v) is 9.07. The minimum absolute atomic E-state index is 0.108. The third-order valence-electron chi connectivity index (χ3n) is 5.31. The van der Waals surface area contributed by atoms with E-state index in [1.54, 1.807) is 12.0 Å². The van der Waals surface area contributed by atoms with Crippen molar-refractivity contribution >= 4 is 11.8 Å². The number of methoxy groups -OCH3 is 1. The third kappa shape index (κ3) is 6.98. The maximum atomic E-state index is 13.2. The van der Waals surface area contributed by atoms with E-state index in [0.717, 1.165) is 23.4 Å². The molecule has 0 aliphatic heterocycles. The Kier molecular flexibility index (Phi) is 7.94. The molecule has 1 amide bonds. The van der Waals surface area contributed by atoms with Gasteiger partial charge in [-0.1, -0.05) is 60.7 Å². The number of benzene rings is 3. The highest BCUT2D eigenvalue weighted by Crippen LogP contribution is 2.30. The van der Waals surface area contributed by atoms with E-state index in [4.69, 9.17) is 9.47 Å². The Morgan fingerprint density at radius 3 is 2.03 bits per heavy atom. The Hall–Kier alpha value is -3.53. The molecule has 0 saturated carbocycles. The smallest absolute Gasteiger partial charge is 0.418 e. The maximum Gasteiger partial charge on any atom is 0.418 e. The van der Waals surface area contributed by atoms with E-state index < -0.39 is 11.7 Å². The Bertz CT molecular complexity index is 1050. The van der Waals surface area contributed by atoms with E-state index in [1.807, 2.05) is 63.4 Å². The van der Waals surface area contributed by atoms with Gasteiger partial charge in [0, 0.05) is 12.1 Å². The largest absolute Gasteiger partial charge is 0.497 e. The molecule has 0 aliphatic rings. The lowest BCUT2D eigenvalue weighted by atomic mass is 9.86. The van der Waals surface area contributed by atoms with Gasteiger partial charge in [0.25, 0.3) is 0 Å². The number of allylic oxidation sites excluding steroid dienone is 1. The van der Waals surface area contributed by atoms with Gasteiger partial charge in [-0.25, -0.2) is 4.79 Å². The van der Waals surface area contributed by atoms with E-state index in [1.165, 1.54) is 11.1 Å². The van der Waals surface area contributed by atoms with Crippen molar-refractivity contribution in [2.24, 2.45) is 0 Å². The zero-order valence-electron chi connectivity index (χ0n) is 20.1. The first-order chi connectivity index (χ1) is 15.8. The summed E-state index contributed by atoms with van der Waals surface area (Å²) < 4.78 is 11.0. The molecule has 3 rings (SSSR count). The summed E-state index contributed by atoms with van der Waals surface area (Å²) in [7, 11) is 1.62. The molecule has 3 aromatic carbocycles. The standard InChI is InChI=1S/C29H33NO3/c1-22(27(24-14-10-7-11-15-24)20-23-12-8-6-9-13-23)21-30(28(31)33-29(2,3)4)25-16-18-26(32-5)19-17-25/h6-19,21,27H,20H2,1-5H3/b22-21-/t27-/m0/s1. The second kappa shape index (κ2) is 10.9. The Morgan fingerprint density at radius 1 is 0.909 bits per heavy atom. The molecule has 0 heterocycles. The highest BCUT2D eigenvalue weighted by molar-refractivity contribution is 5.90. The number of carbonyl (C=O) groups excluding carboxylic acids is 1. The molecule has 0 spiro atoms. The Labute approximate surface area is 197 Å². The summed E-state index contributed by atoms with van der Waals surface area (Å²) in [5.41, 5.74) is 3.62. The minimum Gasteiger partial charge on any atom is -0.497 e. The van der Waals surface area contributed by atoms with Crippen molar-refractivity contribution < 1.29 is 14.3 Å². The Morgan fingerprint density at radius 2 is 1.48 bits per heavy atom. The molecule has 0 aromatic heterocycles. The average molecular weight is 444 g/mol. The van der Waals surface area contributed by atoms with Crippen molar-refractivity contribution in [2.45, 2.75) is 45.6 Å². The number of rotatable bonds is 7. The molecule has 33 heavy (non-hydrogen) atoms. The van der Waals surface area contributed by atoms with Gasteiger partial charge in [0.05, 0.1) is 12.8 Å². The number of nitrogens with zero attached hydrogens (tertiary/aromatic N) is 1. The predicted octanol–water partition coefficient (Wildman–Crippen LogP) is 7.37. The normalized spacial score (nSPS) is 12.7. The van der Waals surface area contributed by atoms with E-state index in [2.05, 4.69) is 55.5 Å². The van der Waals surface area contributed by atoms with Crippen molar-refractivity contribution in [3.8, 4) is 5.75 Å². The van der Waals surface area contributed by atoms with Gasteiger partial charge in [0.1, 0.15) is 11.4 Å². The van der Waals surface area contributed by atoms with Gasteiger partial charge < -0.3 is 9.47 Å². The number of hydrogen-bond acceptors (Lipinski definition) is 3. The number of anilines is 1. The molecular formula is C29H33NO3. The van der Waals surface area contributed by atoms with Crippen molar-refractivity contribution in [1.82, 2.24) is 0 Å². The van der Waals surface area contributed by atoms with Gasteiger partial charge in [0.15, 0.2) is 0 Å². The Balaban J connectivity index is 2.01. The first kappa shape index (κ1) is 24.1. The van der Waals surface area contributed by atoms with Gasteiger partial charge >= 0.3 is 6.09 Å². The van der Waals surface area contributed by atoms with E-state index in [0.29, 0.717) is 0 Å². The van der Waals surface area contributed by atoms with Crippen LogP contribution >= 0.6 is 0 Å². The van der Waals surface area contributed by atoms with E-state index in [-0.39, 0.29) is 5.92 Å². The van der Waals surface area contributed by atoms with Crippen molar-refractivity contribution in [1.29, 1.82) is 0 Å². The van der Waals surface area contributed by atoms with Crippen LogP contribution in [0, 0.1) is 0 Å². The van der Waals surface area contributed by atoms with Gasteiger partial charge in [-0.2, -0.15) is 0 Å². The van der Waals surface area contributed by atoms with Crippen LogP contribution in [-0.4, -0.2) is 18.8 Å². The fraction of sp³-hybridized carbons (Fsp3) is 0.276. The predicted molar refractivity (Wildman–Crippen MR) is 135 cm³/mol. The summed E-state index contributed by atoms with van der Waals surface area (Å²) in [6, 6.07) is 28.2. The zero-order valence-corrected chi connectivity index (χ0v) is 20.1. The van der Waals surface area contributed by atoms with Crippen LogP contribution in [0.25, 0.3) is 0 Å². The molecule has 0 bridgehead atoms. The fourth-order valence-corrected chi connectivity index (χ4v) is 3.66. The van der Waals surface area contributed by atoms with E-state index in [9.17, 15) is 4.79 Å². The number of ether oxygens (including phenoxy) is 2. The van der Waals surface area contributed by atoms with Gasteiger partial charge in [-0.3, -0.25) is 4.90 Å². The van der Waals surface area contributed by atoms with Crippen molar-refractivity contribution in [3.63, 3.8) is 0 Å². The van der Waals surface area contributed by atoms with Crippen LogP contribution in [0.3, 0.4) is 0 Å². The number of amides is 1. The van der Waals surface area contributed by atoms with Crippen LogP contribution in [0.1, 0.15) is 44.7 Å². The highest BCUT2D eigenvalue weighted by Gasteiger charge is 2.24. The molecule has 0 saturated heterocycles. The number of hydrogen-bond donors (Lipinski definition) is 0. The van der Waals surface area contributed by atoms with Crippen molar-refractivity contribution in [3.05, 3.63) is 108 Å². The molecule has 0 aliphatic carbocycles. The summed E-state index contributed by atoms with van der Waals surface area (Å²) >= 11 is 0. The van der Waals surface area contributed by atoms with Gasteiger partial charge in [0.2, 0.25) is 0 Å². The van der Waals surface area contributed by atoms with Crippen molar-refractivity contribution in [2.75, 3.05) is 12.0 Å². The van der Waals surface area contributed by atoms with Crippen LogP contribution in [0.5, 0.6) is 5.75 Å². The first-order valence-electron chi connectivity index (χ1n) is 11.2. The molecule has 172 valence electrons. The second-order valence-electron chi connectivity index (χ2n) is 9.07. The molecule has 4 heteroatoms. The summed E-state index contributed by atoms with van der Waals surface area (Å²) in [4.78, 5) is 14.8. The topological polar surface area (TPSA) is 38.8 Å². The van der Waals surface area contributed by atoms with Crippen LogP contribution in [0.2, 0.25) is 0 Å². The molecule has 1 atom stereocenters. The zero-order chi connectivity index (χ0) is 23.8. The summed E-state index contributed by atoms with van der Waals surface area (Å²) in [5.74, 6) is 0.839. The van der Waals surface area contributed by atoms with Gasteiger partial charge in [-0.05, 0) is 75.1 Å². The third-order valence-corrected chi connectivity index (χ3v) is 5.31. The van der Waals surface area contributed by atoms with Gasteiger partial charge in [-0.15, -0.1) is 0 Å². The lowest BCUT2D eigenvalue weighted by molar-refractivity contribution is 0.0596. The molecule has 0 fully saturated rings. The minimum atomic E-state index is -0.605. The molecule has 4 nitrogen and oxygen atoms in total. The maximum absolute atomic E-state index is 13.2. The van der Waals surface area contributed by atoms with Crippen LogP contribution in [0.4, 0.5) is 10.5 Å². The lowest BCUT2D eigenvalue weighted by Crippen LogP contribution is -2.34. The number of carbonyl (C=O) groups is 1. The molecule has 0 N–H and O–H groups in total. The van der Waals surface area contributed by atoms with Crippen LogP contribution in [-0.2, 0) is 11.2 Å². The quantitative estimate of drug-likeness (QED) is 0.383. The first-order valence-corrected chi connectivity index (χ1v) is 11.2. The molecule has 0 unspecified atom stereocenters. The highest BCUT2D eigenvalue weighted by atomic mass is 16.6. The monoisotopic (exact) mass is 443 g/mol. The summed E-state index contributed by atoms with van der Waals surface area (Å²) in [6.07, 6.45) is 2.31. The lowest BCUT2D eigenvalue weighted by Gasteiger charge is -2.27. The SMILES string of the molecule is COc1ccc(N(/C=C(/C)[C@H](Cc2ccccc2)c2ccccc2)C(=O)OC(C)(C)C)cc1. The molecule has 3 aromatic rings. The van der Waals surface area contributed by atoms with Crippen LogP contribution < -0.4 is 9.64 Å². The molecule has 0 radical (unpaired) electrons. The summed E-state index contributed by atoms with van der Waals surface area (Å²) in [6.45, 7) is 7.68. The molecular weight excluding hydrogens is 410 g/mol. The fourth-order valence-electron chi connectivity index (χ4n) is 3.66. The average Bonchev–Trinajstić information content (AvgIpc) is 2.81. The van der Waals surface area contributed by atoms with E-state index >= 15 is 0 Å². The summed E-state index contributed by atoms with van der Waals surface area (Å²) in [5, 5.41) is 0.